The Hall–Kier alpha value is -7.02. The third-order valence-electron chi connectivity index (χ3n) is 18.7. The maximum absolute atomic E-state index is 2.49. The van der Waals surface area contributed by atoms with Crippen LogP contribution in [0.25, 0.3) is 89.0 Å². The molecule has 0 aliphatic rings. The molecule has 0 radical (unpaired) electrons. The molecule has 88 heavy (non-hydrogen) atoms. The lowest BCUT2D eigenvalue weighted by molar-refractivity contribution is 0.568. The predicted molar refractivity (Wildman–Crippen MR) is 389 cm³/mol. The molecule has 0 fully saturated rings. The van der Waals surface area contributed by atoms with E-state index in [0.717, 1.165) is 0 Å². The average molecular weight is 1160 g/mol. The second-order valence-electron chi connectivity index (χ2n) is 34.1. The van der Waals surface area contributed by atoms with Gasteiger partial charge in [0.05, 0.1) is 0 Å². The largest absolute Gasteiger partial charge is 0.0616 e. The van der Waals surface area contributed by atoms with Crippen LogP contribution in [0.1, 0.15) is 222 Å². The van der Waals surface area contributed by atoms with Crippen molar-refractivity contribution in [3.05, 3.63) is 225 Å². The van der Waals surface area contributed by atoms with Crippen molar-refractivity contribution in [1.29, 1.82) is 0 Å². The molecule has 0 bridgehead atoms. The molecule has 458 valence electrons. The summed E-state index contributed by atoms with van der Waals surface area (Å²) < 4.78 is 0. The van der Waals surface area contributed by atoms with Gasteiger partial charge in [0.15, 0.2) is 0 Å². The maximum Gasteiger partial charge on any atom is -0.00604 e. The molecule has 9 aromatic rings. The number of benzene rings is 9. The number of rotatable bonds is 8. The van der Waals surface area contributed by atoms with Gasteiger partial charge in [-0.05, 0) is 202 Å². The lowest BCUT2D eigenvalue weighted by Crippen LogP contribution is -2.16. The first-order valence-corrected chi connectivity index (χ1v) is 32.7. The molecule has 0 aliphatic heterocycles. The van der Waals surface area contributed by atoms with E-state index < -0.39 is 0 Å². The van der Waals surface area contributed by atoms with Gasteiger partial charge in [-0.3, -0.25) is 0 Å². The van der Waals surface area contributed by atoms with Gasteiger partial charge < -0.3 is 0 Å². The van der Waals surface area contributed by atoms with Crippen LogP contribution in [0.3, 0.4) is 0 Å². The normalized spacial score (nSPS) is 13.1. The Morgan fingerprint density at radius 2 is 0.295 bits per heavy atom. The molecule has 0 saturated heterocycles. The van der Waals surface area contributed by atoms with E-state index in [9.17, 15) is 0 Å². The Bertz CT molecular complexity index is 3420. The van der Waals surface area contributed by atoms with Crippen LogP contribution in [0.5, 0.6) is 0 Å². The first-order chi connectivity index (χ1) is 40.5. The van der Waals surface area contributed by atoms with Crippen LogP contribution in [0.2, 0.25) is 0 Å². The minimum atomic E-state index is -0.0713. The molecule has 9 aromatic carbocycles. The zero-order valence-corrected chi connectivity index (χ0v) is 59.2. The third kappa shape index (κ3) is 13.4. The van der Waals surface area contributed by atoms with Gasteiger partial charge in [-0.25, -0.2) is 0 Å². The van der Waals surface area contributed by atoms with E-state index >= 15 is 0 Å². The number of hydrogen-bond acceptors (Lipinski definition) is 0. The Balaban J connectivity index is 1.56. The monoisotopic (exact) mass is 1160 g/mol. The zero-order chi connectivity index (χ0) is 64.8. The topological polar surface area (TPSA) is 0 Å². The Morgan fingerprint density at radius 3 is 0.420 bits per heavy atom. The summed E-state index contributed by atoms with van der Waals surface area (Å²) in [5.74, 6) is 0. The van der Waals surface area contributed by atoms with Crippen LogP contribution in [0.4, 0.5) is 0 Å². The van der Waals surface area contributed by atoms with Crippen molar-refractivity contribution in [2.75, 3.05) is 0 Å². The molecule has 0 unspecified atom stereocenters. The zero-order valence-electron chi connectivity index (χ0n) is 59.2. The minimum Gasteiger partial charge on any atom is -0.0616 e. The van der Waals surface area contributed by atoms with Gasteiger partial charge in [-0.1, -0.05) is 336 Å². The smallest absolute Gasteiger partial charge is 0.00604 e. The molecule has 0 aliphatic carbocycles. The van der Waals surface area contributed by atoms with Crippen molar-refractivity contribution in [3.8, 4) is 89.0 Å². The second-order valence-corrected chi connectivity index (χ2v) is 34.1. The first-order valence-electron chi connectivity index (χ1n) is 32.7. The molecule has 0 saturated carbocycles. The van der Waals surface area contributed by atoms with Crippen molar-refractivity contribution < 1.29 is 0 Å². The van der Waals surface area contributed by atoms with Crippen molar-refractivity contribution >= 4 is 0 Å². The third-order valence-corrected chi connectivity index (χ3v) is 18.7. The Labute approximate surface area is 534 Å². The van der Waals surface area contributed by atoms with Crippen LogP contribution in [-0.2, 0) is 43.3 Å². The van der Waals surface area contributed by atoms with Gasteiger partial charge in [0, 0.05) is 0 Å². The van der Waals surface area contributed by atoms with Crippen molar-refractivity contribution in [2.24, 2.45) is 0 Å². The summed E-state index contributed by atoms with van der Waals surface area (Å²) in [5, 5.41) is 0. The summed E-state index contributed by atoms with van der Waals surface area (Å²) in [6.45, 7) is 61.5. The highest BCUT2D eigenvalue weighted by molar-refractivity contribution is 6.08. The summed E-state index contributed by atoms with van der Waals surface area (Å²) in [4.78, 5) is 0. The highest BCUT2D eigenvalue weighted by atomic mass is 14.4. The molecule has 0 spiro atoms. The van der Waals surface area contributed by atoms with Gasteiger partial charge in [0.2, 0.25) is 0 Å². The second kappa shape index (κ2) is 23.1. The molecule has 0 aromatic heterocycles. The molecule has 0 nitrogen and oxygen atoms in total. The molecule has 0 amide bonds. The fraction of sp³-hybridized carbons (Fsp3) is 0.386. The summed E-state index contributed by atoms with van der Waals surface area (Å²) in [7, 11) is 0. The Morgan fingerprint density at radius 1 is 0.170 bits per heavy atom. The molecule has 0 N–H and O–H groups in total. The summed E-state index contributed by atoms with van der Waals surface area (Å²) in [5.41, 5.74) is 32.6. The van der Waals surface area contributed by atoms with E-state index in [2.05, 4.69) is 350 Å². The van der Waals surface area contributed by atoms with Crippen molar-refractivity contribution in [2.45, 2.75) is 223 Å². The first kappa shape index (κ1) is 65.4. The quantitative estimate of drug-likeness (QED) is 0.142. The highest BCUT2D eigenvalue weighted by Crippen LogP contribution is 2.55. The fourth-order valence-electron chi connectivity index (χ4n) is 12.8. The Kier molecular flexibility index (Phi) is 17.2. The molecule has 0 heterocycles. The molecular weight excluding hydrogens is 1060 g/mol. The van der Waals surface area contributed by atoms with Gasteiger partial charge in [0.25, 0.3) is 0 Å². The van der Waals surface area contributed by atoms with Gasteiger partial charge in [-0.2, -0.15) is 0 Å². The van der Waals surface area contributed by atoms with Crippen LogP contribution in [0, 0.1) is 13.8 Å². The molecular formula is C88H106. The summed E-state index contributed by atoms with van der Waals surface area (Å²) >= 11 is 0. The van der Waals surface area contributed by atoms with Gasteiger partial charge in [0.1, 0.15) is 0 Å². The highest BCUT2D eigenvalue weighted by Gasteiger charge is 2.32. The minimum absolute atomic E-state index is 0.0713. The molecule has 0 atom stereocenters. The van der Waals surface area contributed by atoms with Gasteiger partial charge in [-0.15, -0.1) is 0 Å². The standard InChI is InChI=1S/C88H106/c1-55-77(73-39-31-27-35-69(73)57-43-61(81(3,4)5)51-62(44-57)82(6,7)8)79(75-41-33-29-37-71(75)59-47-65(85(15,16)17)53-66(48-59)86(18,19)20)56(2)80(76-42-34-30-38-72(76)60-49-67(87(21,22)23)54-68(50-60)88(24,25)26)78(55)74-40-32-28-36-70(74)58-45-63(83(9,10)11)52-64(46-58)84(12,13)14/h27-54H,1-26H3. The van der Waals surface area contributed by atoms with E-state index in [4.69, 9.17) is 0 Å². The van der Waals surface area contributed by atoms with Crippen molar-refractivity contribution in [1.82, 2.24) is 0 Å². The van der Waals surface area contributed by atoms with E-state index in [1.54, 1.807) is 0 Å². The molecule has 0 heteroatoms. The summed E-state index contributed by atoms with van der Waals surface area (Å²) in [6, 6.07) is 67.2. The van der Waals surface area contributed by atoms with Crippen LogP contribution < -0.4 is 0 Å². The maximum atomic E-state index is 2.49. The average Bonchev–Trinajstić information content (AvgIpc) is 0.860. The van der Waals surface area contributed by atoms with Crippen LogP contribution in [-0.4, -0.2) is 0 Å². The van der Waals surface area contributed by atoms with Crippen molar-refractivity contribution in [3.63, 3.8) is 0 Å². The predicted octanol–water partition coefficient (Wildman–Crippen LogP) is 26.0. The van der Waals surface area contributed by atoms with Crippen LogP contribution in [0.15, 0.2) is 170 Å². The van der Waals surface area contributed by atoms with E-state index in [0.29, 0.717) is 0 Å². The molecule has 9 rings (SSSR count). The number of hydrogen-bond donors (Lipinski definition) is 0. The van der Waals surface area contributed by atoms with Crippen LogP contribution >= 0.6 is 0 Å². The fourth-order valence-corrected chi connectivity index (χ4v) is 12.8. The lowest BCUT2D eigenvalue weighted by Gasteiger charge is -2.31. The van der Waals surface area contributed by atoms with E-state index in [1.165, 1.54) is 145 Å². The van der Waals surface area contributed by atoms with E-state index in [-0.39, 0.29) is 43.3 Å². The van der Waals surface area contributed by atoms with E-state index in [1.807, 2.05) is 0 Å². The SMILES string of the molecule is Cc1c(-c2ccccc2-c2cc(C(C)(C)C)cc(C(C)(C)C)c2)c(-c2ccccc2-c2cc(C(C)(C)C)cc(C(C)(C)C)c2)c(C)c(-c2ccccc2-c2cc(C(C)(C)C)cc(C(C)(C)C)c2)c1-c1ccccc1-c1cc(C(C)(C)C)cc(C(C)(C)C)c1. The lowest BCUT2D eigenvalue weighted by atomic mass is 9.73. The van der Waals surface area contributed by atoms with Gasteiger partial charge >= 0.3 is 0 Å². The summed E-state index contributed by atoms with van der Waals surface area (Å²) in [6.07, 6.45) is 0.